The molecule has 1 aliphatic rings. The maximum Gasteiger partial charge on any atom is 0.255 e. The summed E-state index contributed by atoms with van der Waals surface area (Å²) in [4.78, 5) is 14.9. The fraction of sp³-hybridized carbons (Fsp3) is 0.435. The van der Waals surface area contributed by atoms with Gasteiger partial charge >= 0.3 is 0 Å². The first-order valence-corrected chi connectivity index (χ1v) is 10.2. The first-order chi connectivity index (χ1) is 13.8. The maximum absolute atomic E-state index is 12.7. The molecule has 150 valence electrons. The van der Waals surface area contributed by atoms with Crippen LogP contribution in [0.5, 0.6) is 5.75 Å². The summed E-state index contributed by atoms with van der Waals surface area (Å²) in [6, 6.07) is 15.3. The van der Waals surface area contributed by atoms with Crippen LogP contribution >= 0.6 is 0 Å². The van der Waals surface area contributed by atoms with Crippen molar-refractivity contribution >= 4 is 17.3 Å². The molecule has 2 aromatic carbocycles. The molecule has 1 aliphatic heterocycles. The summed E-state index contributed by atoms with van der Waals surface area (Å²) in [5.41, 5.74) is 2.48. The zero-order valence-corrected chi connectivity index (χ0v) is 16.7. The van der Waals surface area contributed by atoms with E-state index in [-0.39, 0.29) is 5.91 Å². The van der Waals surface area contributed by atoms with Gasteiger partial charge in [0.05, 0.1) is 31.2 Å². The number of morpholine rings is 1. The summed E-state index contributed by atoms with van der Waals surface area (Å²) in [5, 5.41) is 3.05. The van der Waals surface area contributed by atoms with E-state index in [0.717, 1.165) is 43.2 Å². The molecule has 5 heteroatoms. The molecule has 1 saturated heterocycles. The Morgan fingerprint density at radius 3 is 2.54 bits per heavy atom. The van der Waals surface area contributed by atoms with Crippen molar-refractivity contribution in [3.63, 3.8) is 0 Å². The van der Waals surface area contributed by atoms with Gasteiger partial charge in [0.25, 0.3) is 5.91 Å². The van der Waals surface area contributed by atoms with Crippen LogP contribution in [-0.4, -0.2) is 38.8 Å². The topological polar surface area (TPSA) is 50.8 Å². The molecule has 5 nitrogen and oxygen atoms in total. The Morgan fingerprint density at radius 2 is 1.79 bits per heavy atom. The van der Waals surface area contributed by atoms with E-state index in [1.165, 1.54) is 19.3 Å². The number of nitrogens with one attached hydrogen (secondary N) is 1. The molecule has 0 unspecified atom stereocenters. The number of benzene rings is 2. The van der Waals surface area contributed by atoms with Crippen molar-refractivity contribution in [1.29, 1.82) is 0 Å². The lowest BCUT2D eigenvalue weighted by Gasteiger charge is -2.30. The average Bonchev–Trinajstić information content (AvgIpc) is 2.75. The van der Waals surface area contributed by atoms with Crippen LogP contribution < -0.4 is 15.0 Å². The van der Waals surface area contributed by atoms with E-state index in [4.69, 9.17) is 9.47 Å². The number of para-hydroxylation sites is 2. The molecular formula is C23H30N2O3. The van der Waals surface area contributed by atoms with Gasteiger partial charge in [-0.15, -0.1) is 0 Å². The molecule has 0 saturated carbocycles. The largest absolute Gasteiger partial charge is 0.494 e. The maximum atomic E-state index is 12.7. The first kappa shape index (κ1) is 20.2. The van der Waals surface area contributed by atoms with Crippen molar-refractivity contribution in [1.82, 2.24) is 0 Å². The highest BCUT2D eigenvalue weighted by Crippen LogP contribution is 2.27. The second kappa shape index (κ2) is 10.7. The van der Waals surface area contributed by atoms with Gasteiger partial charge in [-0.05, 0) is 42.8 Å². The molecular weight excluding hydrogens is 352 g/mol. The molecule has 0 radical (unpaired) electrons. The van der Waals surface area contributed by atoms with Crippen molar-refractivity contribution in [3.8, 4) is 5.75 Å². The van der Waals surface area contributed by atoms with Crippen LogP contribution in [0.1, 0.15) is 43.0 Å². The monoisotopic (exact) mass is 382 g/mol. The number of carbonyl (C=O) groups is 1. The third-order valence-corrected chi connectivity index (χ3v) is 4.89. The van der Waals surface area contributed by atoms with Crippen LogP contribution in [0.4, 0.5) is 11.4 Å². The molecule has 0 spiro atoms. The highest BCUT2D eigenvalue weighted by atomic mass is 16.5. The number of rotatable bonds is 9. The molecule has 28 heavy (non-hydrogen) atoms. The van der Waals surface area contributed by atoms with Crippen molar-refractivity contribution in [2.75, 3.05) is 43.1 Å². The normalized spacial score (nSPS) is 14.0. The number of hydrogen-bond donors (Lipinski definition) is 1. The summed E-state index contributed by atoms with van der Waals surface area (Å²) in [6.07, 6.45) is 4.72. The van der Waals surface area contributed by atoms with Gasteiger partial charge in [0.1, 0.15) is 5.75 Å². The van der Waals surface area contributed by atoms with E-state index >= 15 is 0 Å². The Kier molecular flexibility index (Phi) is 7.73. The second-order valence-electron chi connectivity index (χ2n) is 7.00. The van der Waals surface area contributed by atoms with Gasteiger partial charge in [0.2, 0.25) is 0 Å². The SMILES string of the molecule is CCCCCCOc1ccc(C(=O)Nc2ccccc2N2CCOCC2)cc1. The lowest BCUT2D eigenvalue weighted by atomic mass is 10.1. The number of ether oxygens (including phenoxy) is 2. The molecule has 0 aliphatic carbocycles. The Labute approximate surface area is 167 Å². The predicted molar refractivity (Wildman–Crippen MR) is 114 cm³/mol. The Bertz CT molecular complexity index is 740. The standard InChI is InChI=1S/C23H30N2O3/c1-2-3-4-7-16-28-20-12-10-19(11-13-20)23(26)24-21-8-5-6-9-22(21)25-14-17-27-18-15-25/h5-6,8-13H,2-4,7,14-18H2,1H3,(H,24,26). The van der Waals surface area contributed by atoms with Crippen molar-refractivity contribution < 1.29 is 14.3 Å². The van der Waals surface area contributed by atoms with Crippen LogP contribution in [0.25, 0.3) is 0 Å². The van der Waals surface area contributed by atoms with Gasteiger partial charge in [0.15, 0.2) is 0 Å². The van der Waals surface area contributed by atoms with E-state index in [1.54, 1.807) is 0 Å². The molecule has 1 fully saturated rings. The zero-order valence-electron chi connectivity index (χ0n) is 16.7. The number of anilines is 2. The highest BCUT2D eigenvalue weighted by Gasteiger charge is 2.16. The molecule has 0 aromatic heterocycles. The minimum absolute atomic E-state index is 0.116. The summed E-state index contributed by atoms with van der Waals surface area (Å²) in [6.45, 7) is 6.00. The Hall–Kier alpha value is -2.53. The fourth-order valence-corrected chi connectivity index (χ4v) is 3.28. The van der Waals surface area contributed by atoms with Gasteiger partial charge in [-0.2, -0.15) is 0 Å². The van der Waals surface area contributed by atoms with Crippen molar-refractivity contribution in [2.45, 2.75) is 32.6 Å². The van der Waals surface area contributed by atoms with E-state index < -0.39 is 0 Å². The summed E-state index contributed by atoms with van der Waals surface area (Å²) in [7, 11) is 0. The molecule has 1 heterocycles. The fourth-order valence-electron chi connectivity index (χ4n) is 3.28. The molecule has 3 rings (SSSR count). The number of hydrogen-bond acceptors (Lipinski definition) is 4. The van der Waals surface area contributed by atoms with E-state index in [2.05, 4.69) is 17.1 Å². The number of unbranched alkanes of at least 4 members (excludes halogenated alkanes) is 3. The van der Waals surface area contributed by atoms with E-state index in [9.17, 15) is 4.79 Å². The van der Waals surface area contributed by atoms with Gasteiger partial charge < -0.3 is 19.7 Å². The number of nitrogens with zero attached hydrogens (tertiary/aromatic N) is 1. The Balaban J connectivity index is 1.57. The van der Waals surface area contributed by atoms with E-state index in [1.807, 2.05) is 48.5 Å². The van der Waals surface area contributed by atoms with Gasteiger partial charge in [-0.25, -0.2) is 0 Å². The lowest BCUT2D eigenvalue weighted by molar-refractivity contribution is 0.102. The van der Waals surface area contributed by atoms with Crippen LogP contribution in [0, 0.1) is 0 Å². The second-order valence-corrected chi connectivity index (χ2v) is 7.00. The first-order valence-electron chi connectivity index (χ1n) is 10.2. The van der Waals surface area contributed by atoms with Crippen LogP contribution in [0.2, 0.25) is 0 Å². The minimum atomic E-state index is -0.116. The number of amides is 1. The minimum Gasteiger partial charge on any atom is -0.494 e. The molecule has 1 N–H and O–H groups in total. The molecule has 0 atom stereocenters. The van der Waals surface area contributed by atoms with Crippen molar-refractivity contribution in [3.05, 3.63) is 54.1 Å². The number of carbonyl (C=O) groups excluding carboxylic acids is 1. The Morgan fingerprint density at radius 1 is 1.04 bits per heavy atom. The van der Waals surface area contributed by atoms with Gasteiger partial charge in [-0.1, -0.05) is 38.3 Å². The molecule has 1 amide bonds. The van der Waals surface area contributed by atoms with Gasteiger partial charge in [0, 0.05) is 18.7 Å². The van der Waals surface area contributed by atoms with Crippen LogP contribution in [0.3, 0.4) is 0 Å². The van der Waals surface area contributed by atoms with Crippen molar-refractivity contribution in [2.24, 2.45) is 0 Å². The quantitative estimate of drug-likeness (QED) is 0.637. The zero-order chi connectivity index (χ0) is 19.6. The average molecular weight is 383 g/mol. The van der Waals surface area contributed by atoms with E-state index in [0.29, 0.717) is 18.8 Å². The smallest absolute Gasteiger partial charge is 0.255 e. The molecule has 2 aromatic rings. The third kappa shape index (κ3) is 5.73. The van der Waals surface area contributed by atoms with Gasteiger partial charge in [-0.3, -0.25) is 4.79 Å². The predicted octanol–water partition coefficient (Wildman–Crippen LogP) is 4.73. The van der Waals surface area contributed by atoms with Crippen LogP contribution in [-0.2, 0) is 4.74 Å². The van der Waals surface area contributed by atoms with Crippen LogP contribution in [0.15, 0.2) is 48.5 Å². The summed E-state index contributed by atoms with van der Waals surface area (Å²) < 4.78 is 11.2. The third-order valence-electron chi connectivity index (χ3n) is 4.89. The highest BCUT2D eigenvalue weighted by molar-refractivity contribution is 6.06. The molecule has 0 bridgehead atoms. The summed E-state index contributed by atoms with van der Waals surface area (Å²) >= 11 is 0. The lowest BCUT2D eigenvalue weighted by Crippen LogP contribution is -2.36. The summed E-state index contributed by atoms with van der Waals surface area (Å²) in [5.74, 6) is 0.692.